The first-order valence-corrected chi connectivity index (χ1v) is 8.66. The molecule has 0 atom stereocenters. The quantitative estimate of drug-likeness (QED) is 0.374. The van der Waals surface area contributed by atoms with E-state index in [4.69, 9.17) is 10.2 Å². The van der Waals surface area contributed by atoms with E-state index in [-0.39, 0.29) is 0 Å². The molecule has 0 amide bonds. The zero-order chi connectivity index (χ0) is 17.5. The molecule has 0 radical (unpaired) electrons. The maximum atomic E-state index is 6.10. The summed E-state index contributed by atoms with van der Waals surface area (Å²) in [5, 5.41) is 2.29. The van der Waals surface area contributed by atoms with Crippen molar-refractivity contribution in [2.45, 2.75) is 0 Å². The molecule has 0 spiro atoms. The highest BCUT2D eigenvalue weighted by Gasteiger charge is 2.13. The minimum atomic E-state index is 0.773. The second-order valence-electron chi connectivity index (χ2n) is 6.48. The first kappa shape index (κ1) is 14.8. The fourth-order valence-electron chi connectivity index (χ4n) is 3.54. The van der Waals surface area contributed by atoms with Crippen LogP contribution in [0.2, 0.25) is 0 Å². The number of nitrogen functional groups attached to an aromatic ring is 1. The van der Waals surface area contributed by atoms with E-state index >= 15 is 0 Å². The number of benzene rings is 4. The van der Waals surface area contributed by atoms with Crippen LogP contribution in [0.15, 0.2) is 95.4 Å². The Bertz CT molecular complexity index is 1220. The summed E-state index contributed by atoms with van der Waals surface area (Å²) in [7, 11) is 0. The molecule has 1 heterocycles. The predicted molar refractivity (Wildman–Crippen MR) is 109 cm³/mol. The van der Waals surface area contributed by atoms with Crippen molar-refractivity contribution >= 4 is 27.6 Å². The summed E-state index contributed by atoms with van der Waals surface area (Å²) in [4.78, 5) is 0. The van der Waals surface area contributed by atoms with Crippen LogP contribution in [0.25, 0.3) is 44.2 Å². The third-order valence-electron chi connectivity index (χ3n) is 4.82. The lowest BCUT2D eigenvalue weighted by Crippen LogP contribution is -1.84. The normalized spacial score (nSPS) is 11.2. The van der Waals surface area contributed by atoms with Gasteiger partial charge in [-0.05, 0) is 52.6 Å². The third-order valence-corrected chi connectivity index (χ3v) is 4.82. The topological polar surface area (TPSA) is 39.2 Å². The van der Waals surface area contributed by atoms with E-state index in [0.717, 1.165) is 38.8 Å². The number of anilines is 1. The third kappa shape index (κ3) is 2.35. The SMILES string of the molecule is Nc1ccc(-c2ccc3oc4cccc(-c5ccccc5)c4c3c2)cc1. The van der Waals surface area contributed by atoms with Crippen LogP contribution in [-0.2, 0) is 0 Å². The van der Waals surface area contributed by atoms with Gasteiger partial charge in [0.1, 0.15) is 11.2 Å². The Labute approximate surface area is 151 Å². The molecule has 5 rings (SSSR count). The molecule has 0 bridgehead atoms. The Kier molecular flexibility index (Phi) is 3.29. The average molecular weight is 335 g/mol. The van der Waals surface area contributed by atoms with Gasteiger partial charge in [0, 0.05) is 16.5 Å². The van der Waals surface area contributed by atoms with Crippen molar-refractivity contribution in [1.82, 2.24) is 0 Å². The van der Waals surface area contributed by atoms with Crippen molar-refractivity contribution in [3.63, 3.8) is 0 Å². The second-order valence-corrected chi connectivity index (χ2v) is 6.48. The van der Waals surface area contributed by atoms with Crippen molar-refractivity contribution in [3.05, 3.63) is 91.0 Å². The Morgan fingerprint density at radius 2 is 1.35 bits per heavy atom. The molecule has 0 saturated heterocycles. The maximum absolute atomic E-state index is 6.10. The van der Waals surface area contributed by atoms with Crippen molar-refractivity contribution in [3.8, 4) is 22.3 Å². The van der Waals surface area contributed by atoms with E-state index in [0.29, 0.717) is 0 Å². The molecule has 4 aromatic carbocycles. The zero-order valence-electron chi connectivity index (χ0n) is 14.1. The van der Waals surface area contributed by atoms with Gasteiger partial charge in [0.05, 0.1) is 0 Å². The number of furan rings is 1. The lowest BCUT2D eigenvalue weighted by Gasteiger charge is -2.05. The molecular weight excluding hydrogens is 318 g/mol. The van der Waals surface area contributed by atoms with E-state index in [1.807, 2.05) is 30.3 Å². The van der Waals surface area contributed by atoms with E-state index in [9.17, 15) is 0 Å². The van der Waals surface area contributed by atoms with Crippen molar-refractivity contribution < 1.29 is 4.42 Å². The van der Waals surface area contributed by atoms with Gasteiger partial charge in [0.2, 0.25) is 0 Å². The van der Waals surface area contributed by atoms with E-state index < -0.39 is 0 Å². The summed E-state index contributed by atoms with van der Waals surface area (Å²) >= 11 is 0. The van der Waals surface area contributed by atoms with Gasteiger partial charge in [0.25, 0.3) is 0 Å². The van der Waals surface area contributed by atoms with Crippen molar-refractivity contribution in [1.29, 1.82) is 0 Å². The number of fused-ring (bicyclic) bond motifs is 3. The van der Waals surface area contributed by atoms with Crippen molar-refractivity contribution in [2.24, 2.45) is 0 Å². The average Bonchev–Trinajstić information content (AvgIpc) is 3.07. The Morgan fingerprint density at radius 3 is 2.15 bits per heavy atom. The van der Waals surface area contributed by atoms with Crippen molar-refractivity contribution in [2.75, 3.05) is 5.73 Å². The van der Waals surface area contributed by atoms with E-state index in [1.54, 1.807) is 0 Å². The summed E-state index contributed by atoms with van der Waals surface area (Å²) in [5.74, 6) is 0. The molecule has 0 aliphatic rings. The van der Waals surface area contributed by atoms with Gasteiger partial charge in [-0.3, -0.25) is 0 Å². The van der Waals surface area contributed by atoms with Crippen LogP contribution in [0.4, 0.5) is 5.69 Å². The minimum Gasteiger partial charge on any atom is -0.456 e. The molecule has 0 unspecified atom stereocenters. The Balaban J connectivity index is 1.79. The molecule has 2 nitrogen and oxygen atoms in total. The van der Waals surface area contributed by atoms with E-state index in [1.165, 1.54) is 11.1 Å². The molecule has 0 aliphatic heterocycles. The summed E-state index contributed by atoms with van der Waals surface area (Å²) in [5.41, 5.74) is 13.1. The standard InChI is InChI=1S/C24H17NO/c25-19-12-9-16(10-13-19)18-11-14-22-21(15-18)24-20(7-4-8-23(24)26-22)17-5-2-1-3-6-17/h1-15H,25H2. The molecule has 124 valence electrons. The van der Waals surface area contributed by atoms with Crippen LogP contribution < -0.4 is 5.73 Å². The maximum Gasteiger partial charge on any atom is 0.136 e. The van der Waals surface area contributed by atoms with E-state index in [2.05, 4.69) is 60.7 Å². The smallest absolute Gasteiger partial charge is 0.136 e. The predicted octanol–water partition coefficient (Wildman–Crippen LogP) is 6.50. The molecule has 0 saturated carbocycles. The van der Waals surface area contributed by atoms with Crippen LogP contribution in [0, 0.1) is 0 Å². The van der Waals surface area contributed by atoms with Gasteiger partial charge in [0.15, 0.2) is 0 Å². The van der Waals surface area contributed by atoms with Crippen LogP contribution in [0.1, 0.15) is 0 Å². The lowest BCUT2D eigenvalue weighted by atomic mass is 9.97. The first-order chi connectivity index (χ1) is 12.8. The molecule has 1 aromatic heterocycles. The Hall–Kier alpha value is -3.52. The lowest BCUT2D eigenvalue weighted by molar-refractivity contribution is 0.669. The highest BCUT2D eigenvalue weighted by atomic mass is 16.3. The fourth-order valence-corrected chi connectivity index (χ4v) is 3.54. The van der Waals surface area contributed by atoms with Crippen LogP contribution in [-0.4, -0.2) is 0 Å². The summed E-state index contributed by atoms with van der Waals surface area (Å²) in [6.07, 6.45) is 0. The summed E-state index contributed by atoms with van der Waals surface area (Å²) < 4.78 is 6.10. The van der Waals surface area contributed by atoms with Crippen LogP contribution in [0.5, 0.6) is 0 Å². The van der Waals surface area contributed by atoms with Gasteiger partial charge in [-0.1, -0.05) is 60.7 Å². The Morgan fingerprint density at radius 1 is 0.577 bits per heavy atom. The molecule has 2 heteroatoms. The monoisotopic (exact) mass is 335 g/mol. The van der Waals surface area contributed by atoms with Crippen LogP contribution >= 0.6 is 0 Å². The van der Waals surface area contributed by atoms with Gasteiger partial charge in [-0.2, -0.15) is 0 Å². The highest BCUT2D eigenvalue weighted by molar-refractivity contribution is 6.13. The molecule has 0 aliphatic carbocycles. The van der Waals surface area contributed by atoms with Gasteiger partial charge < -0.3 is 10.2 Å². The number of hydrogen-bond acceptors (Lipinski definition) is 2. The molecular formula is C24H17NO. The molecule has 26 heavy (non-hydrogen) atoms. The van der Waals surface area contributed by atoms with Gasteiger partial charge in [-0.25, -0.2) is 0 Å². The zero-order valence-corrected chi connectivity index (χ0v) is 14.1. The largest absolute Gasteiger partial charge is 0.456 e. The first-order valence-electron chi connectivity index (χ1n) is 8.66. The molecule has 0 fully saturated rings. The summed E-state index contributed by atoms with van der Waals surface area (Å²) in [6, 6.07) is 31.0. The van der Waals surface area contributed by atoms with Gasteiger partial charge >= 0.3 is 0 Å². The van der Waals surface area contributed by atoms with Crippen LogP contribution in [0.3, 0.4) is 0 Å². The molecule has 2 N–H and O–H groups in total. The number of rotatable bonds is 2. The fraction of sp³-hybridized carbons (Fsp3) is 0. The number of hydrogen-bond donors (Lipinski definition) is 1. The number of nitrogens with two attached hydrogens (primary N) is 1. The van der Waals surface area contributed by atoms with Gasteiger partial charge in [-0.15, -0.1) is 0 Å². The second kappa shape index (κ2) is 5.78. The minimum absolute atomic E-state index is 0.773. The molecule has 5 aromatic rings. The summed E-state index contributed by atoms with van der Waals surface area (Å²) in [6.45, 7) is 0. The highest BCUT2D eigenvalue weighted by Crippen LogP contribution is 2.38.